The largest absolute Gasteiger partial charge is 0.473 e. The van der Waals surface area contributed by atoms with Crippen molar-refractivity contribution in [2.45, 2.75) is 0 Å². The normalized spacial score (nSPS) is 17.2. The van der Waals surface area contributed by atoms with Gasteiger partial charge in [0.25, 0.3) is 5.91 Å². The second-order valence-electron chi connectivity index (χ2n) is 4.09. The number of nitrogens with zero attached hydrogens (tertiary/aromatic N) is 1. The minimum atomic E-state index is -0.152. The number of hydrogen-bond acceptors (Lipinski definition) is 4. The molecule has 6 heteroatoms. The number of thioether (sulfide) groups is 1. The molecule has 1 aromatic carbocycles. The lowest BCUT2D eigenvalue weighted by molar-refractivity contribution is -0.113. The Hall–Kier alpha value is -1.79. The summed E-state index contributed by atoms with van der Waals surface area (Å²) >= 11 is 6.52. The molecule has 2 radical (unpaired) electrons. The van der Waals surface area contributed by atoms with Crippen molar-refractivity contribution in [3.63, 3.8) is 0 Å². The number of carbonyl (C=O) groups is 1. The van der Waals surface area contributed by atoms with E-state index in [4.69, 9.17) is 24.5 Å². The Morgan fingerprint density at radius 3 is 2.60 bits per heavy atom. The van der Waals surface area contributed by atoms with Gasteiger partial charge in [-0.15, -0.1) is 0 Å². The zero-order valence-corrected chi connectivity index (χ0v) is 11.9. The van der Waals surface area contributed by atoms with Crippen LogP contribution in [-0.2, 0) is 4.79 Å². The molecule has 0 atom stereocenters. The van der Waals surface area contributed by atoms with Gasteiger partial charge in [0.05, 0.1) is 10.6 Å². The summed E-state index contributed by atoms with van der Waals surface area (Å²) in [5.74, 6) is 0.386. The summed E-state index contributed by atoms with van der Waals surface area (Å²) in [6.45, 7) is 0. The molecule has 3 rings (SSSR count). The van der Waals surface area contributed by atoms with Gasteiger partial charge in [-0.2, -0.15) is 0 Å². The van der Waals surface area contributed by atoms with E-state index in [1.165, 1.54) is 16.7 Å². The number of amides is 1. The number of anilines is 1. The first-order valence-electron chi connectivity index (χ1n) is 5.83. The minimum absolute atomic E-state index is 0.152. The minimum Gasteiger partial charge on any atom is -0.473 e. The summed E-state index contributed by atoms with van der Waals surface area (Å²) in [5, 5.41) is 0. The van der Waals surface area contributed by atoms with E-state index >= 15 is 0 Å². The third-order valence-corrected chi connectivity index (χ3v) is 4.03. The average molecular weight is 297 g/mol. The molecule has 2 heterocycles. The lowest BCUT2D eigenvalue weighted by Crippen LogP contribution is -2.27. The molecule has 0 bridgehead atoms. The van der Waals surface area contributed by atoms with Crippen LogP contribution in [0.25, 0.3) is 6.08 Å². The van der Waals surface area contributed by atoms with Crippen LogP contribution in [0, 0.1) is 0 Å². The number of rotatable bonds is 2. The van der Waals surface area contributed by atoms with Crippen molar-refractivity contribution in [2.24, 2.45) is 0 Å². The predicted molar refractivity (Wildman–Crippen MR) is 86.2 cm³/mol. The van der Waals surface area contributed by atoms with Crippen LogP contribution in [0.1, 0.15) is 5.76 Å². The highest BCUT2D eigenvalue weighted by molar-refractivity contribution is 8.27. The van der Waals surface area contributed by atoms with Gasteiger partial charge in [0.15, 0.2) is 12.2 Å². The average Bonchev–Trinajstić information content (AvgIpc) is 2.96. The number of thiocarbonyl (C=S) groups is 1. The Labute approximate surface area is 127 Å². The van der Waals surface area contributed by atoms with Crippen molar-refractivity contribution in [1.29, 1.82) is 0 Å². The molecule has 0 unspecified atom stereocenters. The van der Waals surface area contributed by atoms with Crippen LogP contribution in [0.4, 0.5) is 5.69 Å². The van der Waals surface area contributed by atoms with Gasteiger partial charge in [-0.3, -0.25) is 9.69 Å². The van der Waals surface area contributed by atoms with Gasteiger partial charge in [-0.25, -0.2) is 0 Å². The smallest absolute Gasteiger partial charge is 0.270 e. The number of benzene rings is 1. The van der Waals surface area contributed by atoms with Crippen molar-refractivity contribution >= 4 is 59.5 Å². The molecule has 1 amide bonds. The van der Waals surface area contributed by atoms with E-state index < -0.39 is 0 Å². The zero-order chi connectivity index (χ0) is 14.1. The van der Waals surface area contributed by atoms with Crippen LogP contribution in [0.2, 0.25) is 0 Å². The fourth-order valence-electron chi connectivity index (χ4n) is 1.84. The van der Waals surface area contributed by atoms with Crippen molar-refractivity contribution in [3.05, 3.63) is 53.1 Å². The molecule has 96 valence electrons. The Kier molecular flexibility index (Phi) is 3.50. The molecule has 1 fully saturated rings. The maximum atomic E-state index is 12.4. The Morgan fingerprint density at radius 1 is 1.20 bits per heavy atom. The van der Waals surface area contributed by atoms with Crippen LogP contribution < -0.4 is 10.6 Å². The first-order valence-corrected chi connectivity index (χ1v) is 7.06. The van der Waals surface area contributed by atoms with E-state index in [9.17, 15) is 4.79 Å². The number of furan rings is 1. The molecule has 1 aliphatic rings. The standard InChI is InChI=1S/C14H8BNO2S2/c15-12-7-6-10(18-12)8-11-13(17)16(14(19)20-11)9-4-2-1-3-5-9/h1-8H/b11-8-. The molecule has 20 heavy (non-hydrogen) atoms. The highest BCUT2D eigenvalue weighted by Crippen LogP contribution is 2.35. The molecule has 0 spiro atoms. The van der Waals surface area contributed by atoms with Crippen molar-refractivity contribution in [3.8, 4) is 0 Å². The van der Waals surface area contributed by atoms with E-state index in [0.717, 1.165) is 5.69 Å². The van der Waals surface area contributed by atoms with Crippen LogP contribution in [0.15, 0.2) is 51.8 Å². The quantitative estimate of drug-likeness (QED) is 0.484. The van der Waals surface area contributed by atoms with Gasteiger partial charge in [-0.05, 0) is 24.3 Å². The molecule has 1 aromatic heterocycles. The molecular formula is C14H8BNO2S2. The fraction of sp³-hybridized carbons (Fsp3) is 0. The summed E-state index contributed by atoms with van der Waals surface area (Å²) in [6.07, 6.45) is 1.65. The van der Waals surface area contributed by atoms with E-state index in [0.29, 0.717) is 20.6 Å². The Balaban J connectivity index is 1.93. The topological polar surface area (TPSA) is 33.5 Å². The highest BCUT2D eigenvalue weighted by atomic mass is 32.2. The molecule has 1 saturated heterocycles. The molecule has 2 aromatic rings. The van der Waals surface area contributed by atoms with E-state index in [1.54, 1.807) is 18.2 Å². The third kappa shape index (κ3) is 2.44. The maximum Gasteiger partial charge on any atom is 0.270 e. The monoisotopic (exact) mass is 297 g/mol. The van der Waals surface area contributed by atoms with E-state index in [1.807, 2.05) is 30.3 Å². The van der Waals surface area contributed by atoms with Gasteiger partial charge in [0.1, 0.15) is 5.76 Å². The summed E-state index contributed by atoms with van der Waals surface area (Å²) in [6, 6.07) is 12.7. The fourth-order valence-corrected chi connectivity index (χ4v) is 3.12. The highest BCUT2D eigenvalue weighted by Gasteiger charge is 2.33. The first-order chi connectivity index (χ1) is 9.65. The van der Waals surface area contributed by atoms with Gasteiger partial charge >= 0.3 is 0 Å². The Bertz CT molecular complexity index is 709. The van der Waals surface area contributed by atoms with Crippen molar-refractivity contribution in [2.75, 3.05) is 4.90 Å². The molecule has 3 nitrogen and oxygen atoms in total. The van der Waals surface area contributed by atoms with Crippen LogP contribution in [-0.4, -0.2) is 18.1 Å². The SMILES string of the molecule is [B]c1ccc(/C=C2\SC(=S)N(c3ccccc3)C2=O)o1. The molecular weight excluding hydrogens is 289 g/mol. The van der Waals surface area contributed by atoms with Gasteiger partial charge in [0.2, 0.25) is 0 Å². The zero-order valence-electron chi connectivity index (χ0n) is 10.3. The van der Waals surface area contributed by atoms with E-state index in [-0.39, 0.29) is 5.91 Å². The van der Waals surface area contributed by atoms with Gasteiger partial charge in [-0.1, -0.05) is 42.2 Å². The van der Waals surface area contributed by atoms with Gasteiger partial charge < -0.3 is 4.42 Å². The molecule has 0 N–H and O–H groups in total. The Morgan fingerprint density at radius 2 is 1.95 bits per heavy atom. The first kappa shape index (κ1) is 13.2. The van der Waals surface area contributed by atoms with Crippen LogP contribution >= 0.6 is 24.0 Å². The lowest BCUT2D eigenvalue weighted by atomic mass is 10.1. The van der Waals surface area contributed by atoms with E-state index in [2.05, 4.69) is 0 Å². The predicted octanol–water partition coefficient (Wildman–Crippen LogP) is 2.48. The number of hydrogen-bond donors (Lipinski definition) is 0. The number of carbonyl (C=O) groups excluding carboxylic acids is 1. The van der Waals surface area contributed by atoms with Crippen LogP contribution in [0.3, 0.4) is 0 Å². The summed E-state index contributed by atoms with van der Waals surface area (Å²) in [5.41, 5.74) is 1.08. The molecule has 1 aliphatic heterocycles. The lowest BCUT2D eigenvalue weighted by Gasteiger charge is -2.13. The van der Waals surface area contributed by atoms with Gasteiger partial charge in [0, 0.05) is 11.7 Å². The van der Waals surface area contributed by atoms with Crippen LogP contribution in [0.5, 0.6) is 0 Å². The summed E-state index contributed by atoms with van der Waals surface area (Å²) in [7, 11) is 5.51. The summed E-state index contributed by atoms with van der Waals surface area (Å²) in [4.78, 5) is 14.4. The van der Waals surface area contributed by atoms with Crippen molar-refractivity contribution in [1.82, 2.24) is 0 Å². The third-order valence-electron chi connectivity index (χ3n) is 2.73. The second kappa shape index (κ2) is 5.30. The maximum absolute atomic E-state index is 12.4. The van der Waals surface area contributed by atoms with Crippen molar-refractivity contribution < 1.29 is 9.21 Å². The molecule has 0 aliphatic carbocycles. The second-order valence-corrected chi connectivity index (χ2v) is 5.77. The number of para-hydroxylation sites is 1. The summed E-state index contributed by atoms with van der Waals surface area (Å²) < 4.78 is 5.75. The molecule has 0 saturated carbocycles.